The summed E-state index contributed by atoms with van der Waals surface area (Å²) in [5, 5.41) is 10.3. The van der Waals surface area contributed by atoms with Crippen molar-refractivity contribution in [3.63, 3.8) is 0 Å². The van der Waals surface area contributed by atoms with E-state index in [1.807, 2.05) is 25.1 Å². The SMILES string of the molecule is COc1ccc2cc1Oc1ccc(cc1)CC1c3cc(c(OC)cc3CC[N+]1(C)C(C)C(=O)O)Oc1c(I)c(OC)cc3c1C(C2)N(C)CC3. The Kier molecular flexibility index (Phi) is 9.38. The number of halogens is 1. The first-order chi connectivity index (χ1) is 24.0. The van der Waals surface area contributed by atoms with Crippen LogP contribution in [-0.2, 0) is 30.5 Å². The molecule has 4 aliphatic heterocycles. The van der Waals surface area contributed by atoms with E-state index in [1.165, 1.54) is 5.56 Å². The Hall–Kier alpha value is -4.00. The summed E-state index contributed by atoms with van der Waals surface area (Å²) in [5.41, 5.74) is 6.72. The highest BCUT2D eigenvalue weighted by atomic mass is 127. The van der Waals surface area contributed by atoms with Crippen LogP contribution < -0.4 is 23.7 Å². The number of likely N-dealkylation sites (N-methyl/N-ethyl adjacent to an activating group) is 2. The van der Waals surface area contributed by atoms with Crippen LogP contribution in [0.15, 0.2) is 60.7 Å². The topological polar surface area (TPSA) is 86.7 Å². The molecule has 0 saturated heterocycles. The van der Waals surface area contributed by atoms with Crippen LogP contribution in [0.1, 0.15) is 52.4 Å². The molecule has 6 bridgehead atoms. The van der Waals surface area contributed by atoms with Crippen molar-refractivity contribution >= 4 is 28.6 Å². The minimum Gasteiger partial charge on any atom is -0.495 e. The largest absolute Gasteiger partial charge is 0.495 e. The highest BCUT2D eigenvalue weighted by Crippen LogP contribution is 2.50. The van der Waals surface area contributed by atoms with E-state index < -0.39 is 12.0 Å². The summed E-state index contributed by atoms with van der Waals surface area (Å²) in [5.74, 6) is 3.96. The highest BCUT2D eigenvalue weighted by molar-refractivity contribution is 14.1. The molecule has 4 aliphatic rings. The number of aliphatic carboxylic acids is 1. The summed E-state index contributed by atoms with van der Waals surface area (Å²) in [6.45, 7) is 3.38. The summed E-state index contributed by atoms with van der Waals surface area (Å²) in [7, 11) is 9.26. The lowest BCUT2D eigenvalue weighted by Gasteiger charge is -2.48. The van der Waals surface area contributed by atoms with Crippen LogP contribution in [0.2, 0.25) is 0 Å². The van der Waals surface area contributed by atoms with Crippen LogP contribution in [0.5, 0.6) is 40.2 Å². The van der Waals surface area contributed by atoms with Gasteiger partial charge in [0.05, 0.1) is 38.5 Å². The number of nitrogens with zero attached hydrogens (tertiary/aromatic N) is 2. The van der Waals surface area contributed by atoms with Gasteiger partial charge in [-0.25, -0.2) is 4.79 Å². The molecular formula is C40H44IN2O7+. The monoisotopic (exact) mass is 791 g/mol. The fourth-order valence-corrected chi connectivity index (χ4v) is 8.76. The van der Waals surface area contributed by atoms with Gasteiger partial charge in [0.25, 0.3) is 0 Å². The first-order valence-corrected chi connectivity index (χ1v) is 18.1. The summed E-state index contributed by atoms with van der Waals surface area (Å²) in [6, 6.07) is 19.8. The van der Waals surface area contributed by atoms with Crippen LogP contribution in [0.25, 0.3) is 0 Å². The van der Waals surface area contributed by atoms with Crippen molar-refractivity contribution in [2.24, 2.45) is 0 Å². The molecule has 10 heteroatoms. The van der Waals surface area contributed by atoms with E-state index in [-0.39, 0.29) is 12.1 Å². The Balaban J connectivity index is 1.48. The smallest absolute Gasteiger partial charge is 0.362 e. The zero-order valence-electron chi connectivity index (χ0n) is 29.4. The summed E-state index contributed by atoms with van der Waals surface area (Å²) in [4.78, 5) is 15.0. The van der Waals surface area contributed by atoms with E-state index in [0.29, 0.717) is 52.6 Å². The number of fused-ring (bicyclic) bond motifs is 2. The number of quaternary nitrogens is 1. The number of methoxy groups -OCH3 is 3. The molecule has 4 aromatic carbocycles. The second-order valence-corrected chi connectivity index (χ2v) is 14.9. The summed E-state index contributed by atoms with van der Waals surface area (Å²) < 4.78 is 32.4. The maximum Gasteiger partial charge on any atom is 0.362 e. The molecule has 9 nitrogen and oxygen atoms in total. The van der Waals surface area contributed by atoms with Crippen LogP contribution in [0.4, 0.5) is 0 Å². The third-order valence-corrected chi connectivity index (χ3v) is 12.2. The molecular weight excluding hydrogens is 747 g/mol. The minimum absolute atomic E-state index is 0.000305. The Morgan fingerprint density at radius 2 is 1.56 bits per heavy atom. The lowest BCUT2D eigenvalue weighted by molar-refractivity contribution is -0.954. The molecule has 0 spiro atoms. The minimum atomic E-state index is -0.812. The first-order valence-electron chi connectivity index (χ1n) is 17.0. The zero-order valence-corrected chi connectivity index (χ0v) is 31.6. The summed E-state index contributed by atoms with van der Waals surface area (Å²) >= 11 is 2.34. The van der Waals surface area contributed by atoms with Gasteiger partial charge in [-0.3, -0.25) is 4.90 Å². The Morgan fingerprint density at radius 3 is 2.26 bits per heavy atom. The molecule has 0 aromatic heterocycles. The third-order valence-electron chi connectivity index (χ3n) is 11.2. The molecule has 4 unspecified atom stereocenters. The van der Waals surface area contributed by atoms with Crippen molar-refractivity contribution < 1.29 is 38.1 Å². The quantitative estimate of drug-likeness (QED) is 0.162. The number of carbonyl (C=O) groups is 1. The average molecular weight is 792 g/mol. The molecule has 4 aromatic rings. The van der Waals surface area contributed by atoms with Crippen molar-refractivity contribution in [2.75, 3.05) is 48.5 Å². The van der Waals surface area contributed by atoms with Gasteiger partial charge in [-0.05, 0) is 114 Å². The second kappa shape index (κ2) is 13.6. The molecule has 4 heterocycles. The van der Waals surface area contributed by atoms with Gasteiger partial charge in [0, 0.05) is 36.6 Å². The maximum atomic E-state index is 12.6. The average Bonchev–Trinajstić information content (AvgIpc) is 3.11. The molecule has 4 atom stereocenters. The van der Waals surface area contributed by atoms with E-state index in [0.717, 1.165) is 62.3 Å². The first kappa shape index (κ1) is 34.4. The van der Waals surface area contributed by atoms with E-state index in [1.54, 1.807) is 21.3 Å². The number of rotatable bonds is 5. The number of ether oxygens (including phenoxy) is 5. The molecule has 1 N–H and O–H groups in total. The van der Waals surface area contributed by atoms with E-state index in [9.17, 15) is 9.90 Å². The number of carboxylic acid groups (broad SMARTS) is 1. The lowest BCUT2D eigenvalue weighted by Crippen LogP contribution is -2.59. The normalized spacial score (nSPS) is 21.8. The van der Waals surface area contributed by atoms with Gasteiger partial charge in [-0.1, -0.05) is 18.2 Å². The van der Waals surface area contributed by atoms with Gasteiger partial charge >= 0.3 is 5.97 Å². The second-order valence-electron chi connectivity index (χ2n) is 13.8. The molecule has 0 radical (unpaired) electrons. The fourth-order valence-electron chi connectivity index (χ4n) is 7.98. The molecule has 50 heavy (non-hydrogen) atoms. The van der Waals surface area contributed by atoms with Gasteiger partial charge < -0.3 is 33.3 Å². The van der Waals surface area contributed by atoms with Crippen LogP contribution in [0.3, 0.4) is 0 Å². The third kappa shape index (κ3) is 6.05. The molecule has 8 rings (SSSR count). The van der Waals surface area contributed by atoms with Crippen molar-refractivity contribution in [1.82, 2.24) is 4.90 Å². The zero-order chi connectivity index (χ0) is 35.3. The van der Waals surface area contributed by atoms with Gasteiger partial charge in [0.2, 0.25) is 0 Å². The predicted molar refractivity (Wildman–Crippen MR) is 199 cm³/mol. The van der Waals surface area contributed by atoms with Gasteiger partial charge in [-0.2, -0.15) is 0 Å². The Labute approximate surface area is 307 Å². The Morgan fingerprint density at radius 1 is 0.880 bits per heavy atom. The number of benzene rings is 4. The van der Waals surface area contributed by atoms with Crippen molar-refractivity contribution in [1.29, 1.82) is 0 Å². The lowest BCUT2D eigenvalue weighted by atomic mass is 9.85. The Bertz CT molecular complexity index is 1950. The van der Waals surface area contributed by atoms with E-state index in [2.05, 4.69) is 84.1 Å². The van der Waals surface area contributed by atoms with Gasteiger partial charge in [-0.15, -0.1) is 0 Å². The molecule has 0 aliphatic carbocycles. The van der Waals surface area contributed by atoms with Crippen LogP contribution in [0, 0.1) is 3.57 Å². The molecule has 262 valence electrons. The van der Waals surface area contributed by atoms with Crippen molar-refractivity contribution in [2.45, 2.75) is 50.7 Å². The molecule has 0 amide bonds. The molecule has 0 saturated carbocycles. The van der Waals surface area contributed by atoms with Crippen LogP contribution >= 0.6 is 22.6 Å². The maximum absolute atomic E-state index is 12.6. The van der Waals surface area contributed by atoms with Crippen LogP contribution in [-0.4, -0.2) is 75.0 Å². The fraction of sp³-hybridized carbons (Fsp3) is 0.375. The van der Waals surface area contributed by atoms with Crippen molar-refractivity contribution in [3.8, 4) is 40.2 Å². The number of hydrogen-bond donors (Lipinski definition) is 1. The van der Waals surface area contributed by atoms with Gasteiger partial charge in [0.1, 0.15) is 23.3 Å². The van der Waals surface area contributed by atoms with Crippen molar-refractivity contribution in [3.05, 3.63) is 97.6 Å². The standard InChI is InChI=1S/C40H43IN2O7/c1-23(40(44)45)43(3)16-14-26-20-33(47-5)35-22-29(26)31(43)18-24-7-10-28(11-8-24)49-34-19-25(9-12-32(34)46-4)17-30-37-27(13-15-42(30)2)21-36(48-6)38(41)39(37)50-35/h7-12,19-23,30-31H,13-18H2,1-6H3/p+1. The van der Waals surface area contributed by atoms with E-state index >= 15 is 0 Å². The number of hydrogen-bond acceptors (Lipinski definition) is 7. The summed E-state index contributed by atoms with van der Waals surface area (Å²) in [6.07, 6.45) is 2.92. The highest BCUT2D eigenvalue weighted by Gasteiger charge is 2.46. The van der Waals surface area contributed by atoms with Gasteiger partial charge in [0.15, 0.2) is 29.0 Å². The number of carboxylic acids is 1. The van der Waals surface area contributed by atoms with E-state index in [4.69, 9.17) is 23.7 Å². The predicted octanol–water partition coefficient (Wildman–Crippen LogP) is 7.75. The molecule has 0 fully saturated rings.